The Labute approximate surface area is 83.9 Å². The van der Waals surface area contributed by atoms with E-state index < -0.39 is 5.60 Å². The molecule has 70 valence electrons. The standard InChI is InChI=1S/C9H9BrFNO/c10-6-1-2-7(8(11)3-6)9(13)4-12-5-9/h1-3,12-13H,4-5H2. The number of rotatable bonds is 1. The molecule has 1 aromatic carbocycles. The fourth-order valence-corrected chi connectivity index (χ4v) is 1.75. The number of hydrogen-bond acceptors (Lipinski definition) is 2. The predicted molar refractivity (Wildman–Crippen MR) is 50.9 cm³/mol. The smallest absolute Gasteiger partial charge is 0.130 e. The molecule has 0 spiro atoms. The monoisotopic (exact) mass is 245 g/mol. The van der Waals surface area contributed by atoms with Crippen LogP contribution in [0.3, 0.4) is 0 Å². The lowest BCUT2D eigenvalue weighted by atomic mass is 9.88. The van der Waals surface area contributed by atoms with Gasteiger partial charge in [0, 0.05) is 23.1 Å². The third-order valence-electron chi connectivity index (χ3n) is 2.27. The molecule has 13 heavy (non-hydrogen) atoms. The van der Waals surface area contributed by atoms with Crippen LogP contribution in [0.15, 0.2) is 22.7 Å². The SMILES string of the molecule is OC1(c2ccc(Br)cc2F)CNC1. The second kappa shape index (κ2) is 3.04. The van der Waals surface area contributed by atoms with E-state index in [1.165, 1.54) is 6.07 Å². The Morgan fingerprint density at radius 1 is 1.46 bits per heavy atom. The van der Waals surface area contributed by atoms with Crippen molar-refractivity contribution < 1.29 is 9.50 Å². The van der Waals surface area contributed by atoms with E-state index in [1.54, 1.807) is 12.1 Å². The third-order valence-corrected chi connectivity index (χ3v) is 2.76. The van der Waals surface area contributed by atoms with Crippen LogP contribution in [0.2, 0.25) is 0 Å². The topological polar surface area (TPSA) is 32.3 Å². The third kappa shape index (κ3) is 1.49. The molecule has 2 nitrogen and oxygen atoms in total. The average molecular weight is 246 g/mol. The molecule has 0 aliphatic carbocycles. The molecule has 0 atom stereocenters. The number of β-amino-alcohol motifs (C(OH)–C–C–N with tert-alkyl or cyclic N) is 1. The summed E-state index contributed by atoms with van der Waals surface area (Å²) in [5.41, 5.74) is -0.639. The number of halogens is 2. The van der Waals surface area contributed by atoms with E-state index in [-0.39, 0.29) is 5.82 Å². The van der Waals surface area contributed by atoms with Gasteiger partial charge in [0.05, 0.1) is 0 Å². The zero-order valence-corrected chi connectivity index (χ0v) is 8.44. The van der Waals surface area contributed by atoms with Gasteiger partial charge in [-0.3, -0.25) is 0 Å². The van der Waals surface area contributed by atoms with Crippen molar-refractivity contribution in [2.75, 3.05) is 13.1 Å². The lowest BCUT2D eigenvalue weighted by molar-refractivity contribution is -0.0176. The number of hydrogen-bond donors (Lipinski definition) is 2. The van der Waals surface area contributed by atoms with Crippen molar-refractivity contribution in [3.05, 3.63) is 34.1 Å². The molecule has 0 amide bonds. The number of aliphatic hydroxyl groups is 1. The van der Waals surface area contributed by atoms with Crippen LogP contribution in [-0.4, -0.2) is 18.2 Å². The average Bonchev–Trinajstić information content (AvgIpc) is 2.00. The van der Waals surface area contributed by atoms with Gasteiger partial charge in [-0.1, -0.05) is 22.0 Å². The van der Waals surface area contributed by atoms with Crippen LogP contribution in [-0.2, 0) is 5.60 Å². The lowest BCUT2D eigenvalue weighted by Gasteiger charge is -2.38. The van der Waals surface area contributed by atoms with Crippen LogP contribution in [0.1, 0.15) is 5.56 Å². The second-order valence-electron chi connectivity index (χ2n) is 3.26. The Balaban J connectivity index is 2.40. The largest absolute Gasteiger partial charge is 0.382 e. The zero-order valence-electron chi connectivity index (χ0n) is 6.85. The number of benzene rings is 1. The molecule has 1 aromatic rings. The van der Waals surface area contributed by atoms with Crippen molar-refractivity contribution in [2.45, 2.75) is 5.60 Å². The molecule has 0 aromatic heterocycles. The molecule has 0 bridgehead atoms. The van der Waals surface area contributed by atoms with Gasteiger partial charge in [0.1, 0.15) is 11.4 Å². The van der Waals surface area contributed by atoms with E-state index >= 15 is 0 Å². The Morgan fingerprint density at radius 3 is 2.62 bits per heavy atom. The first kappa shape index (κ1) is 9.12. The molecular formula is C9H9BrFNO. The quantitative estimate of drug-likeness (QED) is 0.784. The predicted octanol–water partition coefficient (Wildman–Crippen LogP) is 1.38. The van der Waals surface area contributed by atoms with E-state index in [4.69, 9.17) is 0 Å². The molecule has 0 unspecified atom stereocenters. The van der Waals surface area contributed by atoms with Crippen molar-refractivity contribution in [2.24, 2.45) is 0 Å². The van der Waals surface area contributed by atoms with Crippen LogP contribution in [0.25, 0.3) is 0 Å². The molecule has 0 saturated carbocycles. The van der Waals surface area contributed by atoms with Gasteiger partial charge >= 0.3 is 0 Å². The van der Waals surface area contributed by atoms with E-state index in [9.17, 15) is 9.50 Å². The molecular weight excluding hydrogens is 237 g/mol. The fraction of sp³-hybridized carbons (Fsp3) is 0.333. The molecule has 2 N–H and O–H groups in total. The van der Waals surface area contributed by atoms with E-state index in [1.807, 2.05) is 0 Å². The summed E-state index contributed by atoms with van der Waals surface area (Å²) >= 11 is 3.17. The van der Waals surface area contributed by atoms with Gasteiger partial charge in [-0.15, -0.1) is 0 Å². The summed E-state index contributed by atoms with van der Waals surface area (Å²) in [5.74, 6) is -0.363. The maximum Gasteiger partial charge on any atom is 0.130 e. The molecule has 0 radical (unpaired) electrons. The molecule has 1 heterocycles. The highest BCUT2D eigenvalue weighted by Crippen LogP contribution is 2.28. The highest BCUT2D eigenvalue weighted by atomic mass is 79.9. The summed E-state index contributed by atoms with van der Waals surface area (Å²) < 4.78 is 14.0. The maximum absolute atomic E-state index is 13.3. The fourth-order valence-electron chi connectivity index (χ4n) is 1.42. The van der Waals surface area contributed by atoms with Crippen LogP contribution < -0.4 is 5.32 Å². The summed E-state index contributed by atoms with van der Waals surface area (Å²) in [7, 11) is 0. The minimum Gasteiger partial charge on any atom is -0.382 e. The van der Waals surface area contributed by atoms with Crippen LogP contribution in [0.5, 0.6) is 0 Å². The highest BCUT2D eigenvalue weighted by molar-refractivity contribution is 9.10. The summed E-state index contributed by atoms with van der Waals surface area (Å²) in [6.07, 6.45) is 0. The van der Waals surface area contributed by atoms with Gasteiger partial charge in [-0.2, -0.15) is 0 Å². The first-order valence-electron chi connectivity index (χ1n) is 4.00. The Hall–Kier alpha value is -0.450. The minimum atomic E-state index is -1.01. The molecule has 1 fully saturated rings. The summed E-state index contributed by atoms with van der Waals surface area (Å²) in [6.45, 7) is 0.844. The van der Waals surface area contributed by atoms with Gasteiger partial charge in [0.2, 0.25) is 0 Å². The normalized spacial score (nSPS) is 19.6. The van der Waals surface area contributed by atoms with Crippen molar-refractivity contribution >= 4 is 15.9 Å². The summed E-state index contributed by atoms with van der Waals surface area (Å²) in [5, 5.41) is 12.7. The summed E-state index contributed by atoms with van der Waals surface area (Å²) in [4.78, 5) is 0. The van der Waals surface area contributed by atoms with Crippen LogP contribution in [0.4, 0.5) is 4.39 Å². The molecule has 1 aliphatic rings. The summed E-state index contributed by atoms with van der Waals surface area (Å²) in [6, 6.07) is 4.71. The van der Waals surface area contributed by atoms with Gasteiger partial charge in [0.25, 0.3) is 0 Å². The molecule has 2 rings (SSSR count). The van der Waals surface area contributed by atoms with Gasteiger partial charge in [-0.05, 0) is 12.1 Å². The Kier molecular flexibility index (Phi) is 2.14. The first-order chi connectivity index (χ1) is 6.12. The Bertz CT molecular complexity index is 338. The van der Waals surface area contributed by atoms with Gasteiger partial charge in [0.15, 0.2) is 0 Å². The number of nitrogens with one attached hydrogen (secondary N) is 1. The van der Waals surface area contributed by atoms with Gasteiger partial charge < -0.3 is 10.4 Å². The zero-order chi connectivity index (χ0) is 9.47. The van der Waals surface area contributed by atoms with E-state index in [2.05, 4.69) is 21.2 Å². The first-order valence-corrected chi connectivity index (χ1v) is 4.80. The van der Waals surface area contributed by atoms with Crippen molar-refractivity contribution in [1.82, 2.24) is 5.32 Å². The van der Waals surface area contributed by atoms with Crippen molar-refractivity contribution in [1.29, 1.82) is 0 Å². The minimum absolute atomic E-state index is 0.363. The second-order valence-corrected chi connectivity index (χ2v) is 4.17. The van der Waals surface area contributed by atoms with Crippen molar-refractivity contribution in [3.8, 4) is 0 Å². The molecule has 4 heteroatoms. The molecule has 1 aliphatic heterocycles. The lowest BCUT2D eigenvalue weighted by Crippen LogP contribution is -2.57. The highest BCUT2D eigenvalue weighted by Gasteiger charge is 2.38. The maximum atomic E-state index is 13.3. The van der Waals surface area contributed by atoms with Crippen LogP contribution >= 0.6 is 15.9 Å². The van der Waals surface area contributed by atoms with Crippen LogP contribution in [0, 0.1) is 5.82 Å². The van der Waals surface area contributed by atoms with Crippen molar-refractivity contribution in [3.63, 3.8) is 0 Å². The van der Waals surface area contributed by atoms with E-state index in [0.717, 1.165) is 0 Å². The van der Waals surface area contributed by atoms with Gasteiger partial charge in [-0.25, -0.2) is 4.39 Å². The molecule has 1 saturated heterocycles. The Morgan fingerprint density at radius 2 is 2.15 bits per heavy atom. The van der Waals surface area contributed by atoms with E-state index in [0.29, 0.717) is 23.1 Å².